The fraction of sp³-hybridized carbons (Fsp3) is 0.0769. The molecule has 3 N–H and O–H groups in total. The van der Waals surface area contributed by atoms with Crippen molar-refractivity contribution in [1.29, 1.82) is 0 Å². The first-order chi connectivity index (χ1) is 8.70. The third-order valence-electron chi connectivity index (χ3n) is 2.38. The van der Waals surface area contributed by atoms with Crippen LogP contribution >= 0.6 is 0 Å². The lowest BCUT2D eigenvalue weighted by Crippen LogP contribution is -2.06. The minimum atomic E-state index is -0.395. The fourth-order valence-corrected chi connectivity index (χ4v) is 1.50. The van der Waals surface area contributed by atoms with Gasteiger partial charge in [-0.2, -0.15) is 0 Å². The lowest BCUT2D eigenvalue weighted by molar-refractivity contribution is 0.0602. The zero-order valence-electron chi connectivity index (χ0n) is 9.88. The summed E-state index contributed by atoms with van der Waals surface area (Å²) in [6.07, 6.45) is 1.54. The van der Waals surface area contributed by atoms with Gasteiger partial charge in [0.1, 0.15) is 5.82 Å². The molecule has 0 bridgehead atoms. The molecule has 5 nitrogen and oxygen atoms in total. The smallest absolute Gasteiger partial charge is 0.339 e. The number of benzene rings is 1. The Morgan fingerprint density at radius 3 is 2.72 bits per heavy atom. The highest BCUT2D eigenvalue weighted by atomic mass is 16.5. The maximum atomic E-state index is 11.6. The average molecular weight is 243 g/mol. The molecular weight excluding hydrogens is 230 g/mol. The summed E-state index contributed by atoms with van der Waals surface area (Å²) in [6, 6.07) is 10.5. The van der Waals surface area contributed by atoms with E-state index in [2.05, 4.69) is 10.3 Å². The van der Waals surface area contributed by atoms with Gasteiger partial charge in [0, 0.05) is 0 Å². The molecule has 18 heavy (non-hydrogen) atoms. The van der Waals surface area contributed by atoms with Gasteiger partial charge >= 0.3 is 5.97 Å². The predicted molar refractivity (Wildman–Crippen MR) is 69.7 cm³/mol. The van der Waals surface area contributed by atoms with Crippen molar-refractivity contribution in [1.82, 2.24) is 4.98 Å². The molecule has 2 aromatic rings. The first-order valence-corrected chi connectivity index (χ1v) is 5.36. The zero-order valence-corrected chi connectivity index (χ0v) is 9.88. The van der Waals surface area contributed by atoms with Crippen LogP contribution in [0.3, 0.4) is 0 Å². The van der Waals surface area contributed by atoms with Crippen LogP contribution in [0.5, 0.6) is 0 Å². The van der Waals surface area contributed by atoms with E-state index in [-0.39, 0.29) is 0 Å². The molecule has 0 saturated heterocycles. The molecule has 0 aliphatic heterocycles. The molecule has 0 unspecified atom stereocenters. The van der Waals surface area contributed by atoms with Gasteiger partial charge in [-0.25, -0.2) is 9.78 Å². The topological polar surface area (TPSA) is 77.2 Å². The van der Waals surface area contributed by atoms with Crippen LogP contribution in [0.15, 0.2) is 42.6 Å². The summed E-state index contributed by atoms with van der Waals surface area (Å²) in [5, 5.41) is 3.05. The minimum Gasteiger partial charge on any atom is -0.465 e. The largest absolute Gasteiger partial charge is 0.465 e. The van der Waals surface area contributed by atoms with Crippen LogP contribution in [0.25, 0.3) is 0 Å². The van der Waals surface area contributed by atoms with Gasteiger partial charge in [-0.05, 0) is 24.3 Å². The Balaban J connectivity index is 2.28. The number of hydrogen-bond acceptors (Lipinski definition) is 5. The third-order valence-corrected chi connectivity index (χ3v) is 2.38. The van der Waals surface area contributed by atoms with E-state index in [4.69, 9.17) is 10.5 Å². The van der Waals surface area contributed by atoms with Crippen molar-refractivity contribution in [2.45, 2.75) is 0 Å². The number of anilines is 3. The fourth-order valence-electron chi connectivity index (χ4n) is 1.50. The van der Waals surface area contributed by atoms with Crippen LogP contribution in [-0.2, 0) is 4.74 Å². The van der Waals surface area contributed by atoms with Gasteiger partial charge in [0.2, 0.25) is 0 Å². The van der Waals surface area contributed by atoms with E-state index in [0.29, 0.717) is 22.8 Å². The number of esters is 1. The van der Waals surface area contributed by atoms with Crippen molar-refractivity contribution >= 4 is 23.2 Å². The Bertz CT molecular complexity index is 552. The molecule has 2 rings (SSSR count). The Morgan fingerprint density at radius 1 is 1.28 bits per heavy atom. The third kappa shape index (κ3) is 2.57. The second kappa shape index (κ2) is 5.18. The second-order valence-electron chi connectivity index (χ2n) is 3.64. The van der Waals surface area contributed by atoms with Gasteiger partial charge in [0.05, 0.1) is 30.2 Å². The Morgan fingerprint density at radius 2 is 2.06 bits per heavy atom. The van der Waals surface area contributed by atoms with Crippen LogP contribution in [-0.4, -0.2) is 18.1 Å². The molecule has 5 heteroatoms. The summed E-state index contributed by atoms with van der Waals surface area (Å²) < 4.78 is 4.71. The van der Waals surface area contributed by atoms with E-state index in [1.807, 2.05) is 6.07 Å². The summed E-state index contributed by atoms with van der Waals surface area (Å²) in [5.41, 5.74) is 7.24. The lowest BCUT2D eigenvalue weighted by Gasteiger charge is -2.09. The highest BCUT2D eigenvalue weighted by Crippen LogP contribution is 2.20. The van der Waals surface area contributed by atoms with Crippen LogP contribution in [0.1, 0.15) is 10.4 Å². The number of nitrogens with zero attached hydrogens (tertiary/aromatic N) is 1. The van der Waals surface area contributed by atoms with Gasteiger partial charge in [-0.1, -0.05) is 12.1 Å². The molecule has 1 heterocycles. The molecule has 0 fully saturated rings. The lowest BCUT2D eigenvalue weighted by atomic mass is 10.2. The van der Waals surface area contributed by atoms with Gasteiger partial charge < -0.3 is 15.8 Å². The Hall–Kier alpha value is -2.56. The van der Waals surface area contributed by atoms with Crippen molar-refractivity contribution in [3.8, 4) is 0 Å². The van der Waals surface area contributed by atoms with Gasteiger partial charge in [0.25, 0.3) is 0 Å². The normalized spacial score (nSPS) is 9.83. The molecule has 0 radical (unpaired) electrons. The number of nitrogen functional groups attached to an aromatic ring is 1. The molecule has 0 amide bonds. The SMILES string of the molecule is COC(=O)c1ccccc1Nc1ccc(N)cn1. The number of methoxy groups -OCH3 is 1. The number of pyridine rings is 1. The molecule has 0 saturated carbocycles. The van der Waals surface area contributed by atoms with Gasteiger partial charge in [0.15, 0.2) is 0 Å². The number of aromatic nitrogens is 1. The zero-order chi connectivity index (χ0) is 13.0. The Kier molecular flexibility index (Phi) is 3.43. The molecule has 92 valence electrons. The molecule has 0 aliphatic rings. The van der Waals surface area contributed by atoms with Crippen molar-refractivity contribution in [2.75, 3.05) is 18.2 Å². The number of carbonyl (C=O) groups excluding carboxylic acids is 1. The van der Waals surface area contributed by atoms with Crippen LogP contribution in [0.2, 0.25) is 0 Å². The number of ether oxygens (including phenoxy) is 1. The van der Waals surface area contributed by atoms with E-state index in [1.54, 1.807) is 36.5 Å². The van der Waals surface area contributed by atoms with Gasteiger partial charge in [-0.3, -0.25) is 0 Å². The number of carbonyl (C=O) groups is 1. The van der Waals surface area contributed by atoms with Crippen molar-refractivity contribution in [2.24, 2.45) is 0 Å². The maximum Gasteiger partial charge on any atom is 0.339 e. The van der Waals surface area contributed by atoms with Gasteiger partial charge in [-0.15, -0.1) is 0 Å². The van der Waals surface area contributed by atoms with E-state index >= 15 is 0 Å². The summed E-state index contributed by atoms with van der Waals surface area (Å²) >= 11 is 0. The quantitative estimate of drug-likeness (QED) is 0.808. The van der Waals surface area contributed by atoms with E-state index in [9.17, 15) is 4.79 Å². The number of nitrogens with two attached hydrogens (primary N) is 1. The summed E-state index contributed by atoms with van der Waals surface area (Å²) in [4.78, 5) is 15.7. The molecule has 0 atom stereocenters. The standard InChI is InChI=1S/C13H13N3O2/c1-18-13(17)10-4-2-3-5-11(10)16-12-7-6-9(14)8-15-12/h2-8H,14H2,1H3,(H,15,16). The number of rotatable bonds is 3. The number of nitrogens with one attached hydrogen (secondary N) is 1. The van der Waals surface area contributed by atoms with E-state index < -0.39 is 5.97 Å². The first kappa shape index (κ1) is 11.9. The summed E-state index contributed by atoms with van der Waals surface area (Å²) in [5.74, 6) is 0.217. The molecule has 0 aliphatic carbocycles. The maximum absolute atomic E-state index is 11.6. The number of para-hydroxylation sites is 1. The summed E-state index contributed by atoms with van der Waals surface area (Å²) in [7, 11) is 1.35. The highest BCUT2D eigenvalue weighted by Gasteiger charge is 2.10. The van der Waals surface area contributed by atoms with Crippen LogP contribution < -0.4 is 11.1 Å². The average Bonchev–Trinajstić information content (AvgIpc) is 2.41. The van der Waals surface area contributed by atoms with Crippen LogP contribution in [0.4, 0.5) is 17.2 Å². The summed E-state index contributed by atoms with van der Waals surface area (Å²) in [6.45, 7) is 0. The predicted octanol–water partition coefficient (Wildman–Crippen LogP) is 2.19. The molecule has 0 spiro atoms. The Labute approximate surface area is 105 Å². The van der Waals surface area contributed by atoms with Crippen molar-refractivity contribution in [3.05, 3.63) is 48.2 Å². The first-order valence-electron chi connectivity index (χ1n) is 5.36. The highest BCUT2D eigenvalue weighted by molar-refractivity contribution is 5.96. The van der Waals surface area contributed by atoms with E-state index in [0.717, 1.165) is 0 Å². The van der Waals surface area contributed by atoms with Crippen molar-refractivity contribution in [3.63, 3.8) is 0 Å². The second-order valence-corrected chi connectivity index (χ2v) is 3.64. The van der Waals surface area contributed by atoms with Crippen molar-refractivity contribution < 1.29 is 9.53 Å². The minimum absolute atomic E-state index is 0.395. The molecule has 1 aromatic carbocycles. The number of hydrogen-bond donors (Lipinski definition) is 2. The molecular formula is C13H13N3O2. The van der Waals surface area contributed by atoms with E-state index in [1.165, 1.54) is 7.11 Å². The van der Waals surface area contributed by atoms with Crippen LogP contribution in [0, 0.1) is 0 Å². The monoisotopic (exact) mass is 243 g/mol. The molecule has 1 aromatic heterocycles.